The van der Waals surface area contributed by atoms with Gasteiger partial charge in [-0.15, -0.1) is 0 Å². The van der Waals surface area contributed by atoms with Crippen LogP contribution in [-0.4, -0.2) is 29.8 Å². The third kappa shape index (κ3) is 3.56. The van der Waals surface area contributed by atoms with Crippen LogP contribution in [0.4, 0.5) is 0 Å². The quantitative estimate of drug-likeness (QED) is 0.713. The van der Waals surface area contributed by atoms with Crippen molar-refractivity contribution in [2.45, 2.75) is 0 Å². The minimum absolute atomic E-state index is 0.351. The Labute approximate surface area is 149 Å². The topological polar surface area (TPSA) is 82.4 Å². The maximum Gasteiger partial charge on any atom is 0.280 e. The molecule has 1 aromatic heterocycles. The van der Waals surface area contributed by atoms with Gasteiger partial charge in [-0.05, 0) is 36.4 Å². The Kier molecular flexibility index (Phi) is 4.98. The number of amides is 1. The van der Waals surface area contributed by atoms with Gasteiger partial charge in [0.25, 0.3) is 11.5 Å². The van der Waals surface area contributed by atoms with E-state index in [1.807, 2.05) is 0 Å². The third-order valence-corrected chi connectivity index (χ3v) is 3.75. The van der Waals surface area contributed by atoms with Crippen LogP contribution in [0.1, 0.15) is 5.56 Å². The van der Waals surface area contributed by atoms with E-state index < -0.39 is 5.91 Å². The molecule has 0 saturated heterocycles. The molecule has 7 nitrogen and oxygen atoms in total. The van der Waals surface area contributed by atoms with Crippen LogP contribution in [0.25, 0.3) is 17.0 Å². The standard InChI is InChI=1S/C19H17N3O4/c1-25-14-8-9-17(26-2)13(11-14)7-10-18(23)21-22-12-20-16-6-4-3-5-15(16)19(22)24/h3-12H,1-2H3,(H,21,23)/b10-7+. The summed E-state index contributed by atoms with van der Waals surface area (Å²) in [5, 5.41) is 0.425. The fraction of sp³-hybridized carbons (Fsp3) is 0.105. The minimum Gasteiger partial charge on any atom is -0.497 e. The minimum atomic E-state index is -0.478. The molecule has 2 aromatic carbocycles. The van der Waals surface area contributed by atoms with Crippen molar-refractivity contribution in [3.05, 3.63) is 70.8 Å². The summed E-state index contributed by atoms with van der Waals surface area (Å²) < 4.78 is 11.5. The van der Waals surface area contributed by atoms with Gasteiger partial charge in [-0.1, -0.05) is 12.1 Å². The highest BCUT2D eigenvalue weighted by molar-refractivity contribution is 5.97. The Morgan fingerprint density at radius 2 is 1.96 bits per heavy atom. The second-order valence-corrected chi connectivity index (χ2v) is 5.35. The normalized spacial score (nSPS) is 10.8. The number of nitrogens with zero attached hydrogens (tertiary/aromatic N) is 2. The molecule has 3 rings (SSSR count). The summed E-state index contributed by atoms with van der Waals surface area (Å²) in [6.45, 7) is 0. The Balaban J connectivity index is 1.82. The number of ether oxygens (including phenoxy) is 2. The fourth-order valence-corrected chi connectivity index (χ4v) is 2.44. The lowest BCUT2D eigenvalue weighted by atomic mass is 10.1. The fourth-order valence-electron chi connectivity index (χ4n) is 2.44. The Morgan fingerprint density at radius 1 is 1.15 bits per heavy atom. The number of hydrogen-bond acceptors (Lipinski definition) is 5. The predicted octanol–water partition coefficient (Wildman–Crippen LogP) is 2.20. The summed E-state index contributed by atoms with van der Waals surface area (Å²) in [5.74, 6) is 0.759. The molecule has 0 aliphatic carbocycles. The second kappa shape index (κ2) is 7.52. The van der Waals surface area contributed by atoms with Crippen LogP contribution in [-0.2, 0) is 4.79 Å². The number of para-hydroxylation sites is 1. The van der Waals surface area contributed by atoms with Gasteiger partial charge in [-0.25, -0.2) is 9.66 Å². The van der Waals surface area contributed by atoms with E-state index >= 15 is 0 Å². The molecule has 0 spiro atoms. The highest BCUT2D eigenvalue weighted by Gasteiger charge is 2.06. The number of aromatic nitrogens is 2. The zero-order chi connectivity index (χ0) is 18.5. The molecule has 0 saturated carbocycles. The molecule has 1 heterocycles. The van der Waals surface area contributed by atoms with Crippen molar-refractivity contribution in [3.8, 4) is 11.5 Å². The first-order valence-electron chi connectivity index (χ1n) is 7.80. The average molecular weight is 351 g/mol. The predicted molar refractivity (Wildman–Crippen MR) is 99.0 cm³/mol. The molecule has 1 amide bonds. The van der Waals surface area contributed by atoms with Gasteiger partial charge in [0.2, 0.25) is 0 Å². The van der Waals surface area contributed by atoms with Crippen LogP contribution in [0.2, 0.25) is 0 Å². The first-order valence-corrected chi connectivity index (χ1v) is 7.80. The number of fused-ring (bicyclic) bond motifs is 1. The largest absolute Gasteiger partial charge is 0.497 e. The van der Waals surface area contributed by atoms with Crippen LogP contribution in [0.15, 0.2) is 59.7 Å². The molecule has 0 radical (unpaired) electrons. The zero-order valence-corrected chi connectivity index (χ0v) is 14.3. The maximum absolute atomic E-state index is 12.4. The van der Waals surface area contributed by atoms with Crippen LogP contribution >= 0.6 is 0 Å². The molecule has 7 heteroatoms. The smallest absolute Gasteiger partial charge is 0.280 e. The van der Waals surface area contributed by atoms with Crippen LogP contribution < -0.4 is 20.5 Å². The van der Waals surface area contributed by atoms with Crippen LogP contribution in [0, 0.1) is 0 Å². The molecule has 0 aliphatic rings. The molecule has 132 valence electrons. The van der Waals surface area contributed by atoms with Gasteiger partial charge < -0.3 is 9.47 Å². The number of carbonyl (C=O) groups is 1. The van der Waals surface area contributed by atoms with E-state index in [2.05, 4.69) is 10.4 Å². The molecule has 0 bridgehead atoms. The Hall–Kier alpha value is -3.61. The van der Waals surface area contributed by atoms with E-state index in [1.54, 1.807) is 62.8 Å². The lowest BCUT2D eigenvalue weighted by Crippen LogP contribution is -2.32. The second-order valence-electron chi connectivity index (χ2n) is 5.35. The molecule has 26 heavy (non-hydrogen) atoms. The number of rotatable bonds is 5. The van der Waals surface area contributed by atoms with Crippen molar-refractivity contribution in [3.63, 3.8) is 0 Å². The van der Waals surface area contributed by atoms with Crippen LogP contribution in [0.5, 0.6) is 11.5 Å². The highest BCUT2D eigenvalue weighted by atomic mass is 16.5. The number of benzene rings is 2. The molecular weight excluding hydrogens is 334 g/mol. The summed E-state index contributed by atoms with van der Waals surface area (Å²) in [6, 6.07) is 12.2. The first-order chi connectivity index (χ1) is 12.6. The number of nitrogens with one attached hydrogen (secondary N) is 1. The van der Waals surface area contributed by atoms with Gasteiger partial charge in [0, 0.05) is 11.6 Å². The summed E-state index contributed by atoms with van der Waals surface area (Å²) in [6.07, 6.45) is 4.16. The molecule has 0 unspecified atom stereocenters. The molecular formula is C19H17N3O4. The molecule has 3 aromatic rings. The summed E-state index contributed by atoms with van der Waals surface area (Å²) in [5.41, 5.74) is 3.37. The number of carbonyl (C=O) groups excluding carboxylic acids is 1. The Morgan fingerprint density at radius 3 is 2.73 bits per heavy atom. The van der Waals surface area contributed by atoms with Gasteiger partial charge in [0.1, 0.15) is 17.8 Å². The van der Waals surface area contributed by atoms with Gasteiger partial charge in [-0.2, -0.15) is 0 Å². The first kappa shape index (κ1) is 17.2. The molecule has 0 fully saturated rings. The number of methoxy groups -OCH3 is 2. The van der Waals surface area contributed by atoms with E-state index in [4.69, 9.17) is 9.47 Å². The SMILES string of the molecule is COc1ccc(OC)c(/C=C/C(=O)Nn2cnc3ccccc3c2=O)c1. The zero-order valence-electron chi connectivity index (χ0n) is 14.3. The van der Waals surface area contributed by atoms with Crippen molar-refractivity contribution >= 4 is 22.9 Å². The van der Waals surface area contributed by atoms with E-state index in [-0.39, 0.29) is 5.56 Å². The van der Waals surface area contributed by atoms with E-state index in [9.17, 15) is 9.59 Å². The third-order valence-electron chi connectivity index (χ3n) is 3.75. The van der Waals surface area contributed by atoms with Crippen LogP contribution in [0.3, 0.4) is 0 Å². The average Bonchev–Trinajstić information content (AvgIpc) is 2.68. The molecule has 0 atom stereocenters. The Bertz CT molecular complexity index is 1040. The summed E-state index contributed by atoms with van der Waals surface area (Å²) in [4.78, 5) is 28.7. The summed E-state index contributed by atoms with van der Waals surface area (Å²) in [7, 11) is 3.10. The van der Waals surface area contributed by atoms with Crippen molar-refractivity contribution in [1.29, 1.82) is 0 Å². The van der Waals surface area contributed by atoms with E-state index in [0.717, 1.165) is 4.68 Å². The van der Waals surface area contributed by atoms with E-state index in [0.29, 0.717) is 28.0 Å². The molecule has 1 N–H and O–H groups in total. The van der Waals surface area contributed by atoms with Crippen molar-refractivity contribution in [2.24, 2.45) is 0 Å². The van der Waals surface area contributed by atoms with Crippen molar-refractivity contribution in [2.75, 3.05) is 19.6 Å². The summed E-state index contributed by atoms with van der Waals surface area (Å²) >= 11 is 0. The van der Waals surface area contributed by atoms with Crippen molar-refractivity contribution in [1.82, 2.24) is 9.66 Å². The highest BCUT2D eigenvalue weighted by Crippen LogP contribution is 2.24. The lowest BCUT2D eigenvalue weighted by Gasteiger charge is -2.08. The monoisotopic (exact) mass is 351 g/mol. The van der Waals surface area contributed by atoms with Crippen molar-refractivity contribution < 1.29 is 14.3 Å². The van der Waals surface area contributed by atoms with E-state index in [1.165, 1.54) is 12.4 Å². The molecule has 0 aliphatic heterocycles. The lowest BCUT2D eigenvalue weighted by molar-refractivity contribution is -0.112. The van der Waals surface area contributed by atoms with Gasteiger partial charge in [0.15, 0.2) is 0 Å². The van der Waals surface area contributed by atoms with Gasteiger partial charge >= 0.3 is 0 Å². The van der Waals surface area contributed by atoms with Gasteiger partial charge in [0.05, 0.1) is 25.1 Å². The van der Waals surface area contributed by atoms with Gasteiger partial charge in [-0.3, -0.25) is 15.0 Å². The maximum atomic E-state index is 12.4. The number of hydrogen-bond donors (Lipinski definition) is 1.